The van der Waals surface area contributed by atoms with E-state index in [1.807, 2.05) is 0 Å². The van der Waals surface area contributed by atoms with E-state index in [2.05, 4.69) is 15.5 Å². The van der Waals surface area contributed by atoms with Crippen LogP contribution < -0.4 is 10.1 Å². The predicted octanol–water partition coefficient (Wildman–Crippen LogP) is 1.49. The van der Waals surface area contributed by atoms with Crippen LogP contribution in [0, 0.1) is 5.82 Å². The van der Waals surface area contributed by atoms with E-state index in [0.29, 0.717) is 5.75 Å². The number of hydrogen-bond acceptors (Lipinski definition) is 7. The summed E-state index contributed by atoms with van der Waals surface area (Å²) in [4.78, 5) is 11.9. The fourth-order valence-electron chi connectivity index (χ4n) is 1.39. The number of halogens is 1. The lowest BCUT2D eigenvalue weighted by Gasteiger charge is -2.13. The van der Waals surface area contributed by atoms with Crippen molar-refractivity contribution in [3.8, 4) is 5.75 Å². The van der Waals surface area contributed by atoms with Crippen LogP contribution in [0.2, 0.25) is 0 Å². The van der Waals surface area contributed by atoms with Crippen molar-refractivity contribution in [1.82, 2.24) is 10.2 Å². The van der Waals surface area contributed by atoms with E-state index in [0.717, 1.165) is 17.6 Å². The molecular formula is C12H12FN3O4S2. The third kappa shape index (κ3) is 4.21. The van der Waals surface area contributed by atoms with Crippen molar-refractivity contribution in [2.75, 3.05) is 11.6 Å². The molecule has 2 rings (SSSR count). The number of aromatic nitrogens is 2. The van der Waals surface area contributed by atoms with Crippen LogP contribution in [-0.4, -0.2) is 36.9 Å². The first-order chi connectivity index (χ1) is 10.3. The standard InChI is InChI=1S/C12H12FN3O4S2/c1-7(20-9-5-3-8(13)4-6-9)10(17)14-11-15-16-12(21-11)22(2,18)19/h3-7H,1-2H3,(H,14,15,17)/t7-/m1/s1. The van der Waals surface area contributed by atoms with Crippen LogP contribution in [0.3, 0.4) is 0 Å². The van der Waals surface area contributed by atoms with Crippen LogP contribution in [0.5, 0.6) is 5.75 Å². The number of benzene rings is 1. The zero-order valence-electron chi connectivity index (χ0n) is 11.6. The summed E-state index contributed by atoms with van der Waals surface area (Å²) in [5, 5.41) is 9.52. The first-order valence-electron chi connectivity index (χ1n) is 6.02. The zero-order valence-corrected chi connectivity index (χ0v) is 13.2. The summed E-state index contributed by atoms with van der Waals surface area (Å²) in [6.07, 6.45) is 0.121. The van der Waals surface area contributed by atoms with E-state index < -0.39 is 27.7 Å². The number of nitrogens with zero attached hydrogens (tertiary/aromatic N) is 2. The fourth-order valence-corrected chi connectivity index (χ4v) is 2.90. The molecule has 7 nitrogen and oxygen atoms in total. The van der Waals surface area contributed by atoms with Crippen molar-refractivity contribution >= 4 is 32.2 Å². The molecule has 1 aromatic carbocycles. The normalized spacial score (nSPS) is 12.7. The van der Waals surface area contributed by atoms with Crippen molar-refractivity contribution in [3.63, 3.8) is 0 Å². The summed E-state index contributed by atoms with van der Waals surface area (Å²) in [5.41, 5.74) is 0. The minimum Gasteiger partial charge on any atom is -0.481 e. The van der Waals surface area contributed by atoms with Gasteiger partial charge in [0.2, 0.25) is 19.3 Å². The minimum atomic E-state index is -3.46. The molecule has 0 aliphatic heterocycles. The molecule has 0 aliphatic carbocycles. The second-order valence-electron chi connectivity index (χ2n) is 4.35. The number of carbonyl (C=O) groups excluding carboxylic acids is 1. The van der Waals surface area contributed by atoms with E-state index in [9.17, 15) is 17.6 Å². The quantitative estimate of drug-likeness (QED) is 0.825. The van der Waals surface area contributed by atoms with E-state index in [-0.39, 0.29) is 9.47 Å². The highest BCUT2D eigenvalue weighted by Gasteiger charge is 2.19. The number of nitrogens with one attached hydrogen (secondary N) is 1. The molecule has 118 valence electrons. The van der Waals surface area contributed by atoms with Crippen LogP contribution in [0.15, 0.2) is 28.6 Å². The third-order valence-electron chi connectivity index (χ3n) is 2.45. The molecule has 0 aliphatic rings. The first-order valence-corrected chi connectivity index (χ1v) is 8.73. The van der Waals surface area contributed by atoms with Crippen LogP contribution in [0.25, 0.3) is 0 Å². The lowest BCUT2D eigenvalue weighted by Crippen LogP contribution is -2.30. The van der Waals surface area contributed by atoms with Gasteiger partial charge in [-0.15, -0.1) is 10.2 Å². The zero-order chi connectivity index (χ0) is 16.3. The molecule has 0 fully saturated rings. The van der Waals surface area contributed by atoms with Crippen LogP contribution in [0.1, 0.15) is 6.92 Å². The Morgan fingerprint density at radius 1 is 1.32 bits per heavy atom. The summed E-state index contributed by atoms with van der Waals surface area (Å²) in [6, 6.07) is 5.21. The number of carbonyl (C=O) groups is 1. The maximum atomic E-state index is 12.8. The van der Waals surface area contributed by atoms with Crippen molar-refractivity contribution in [1.29, 1.82) is 0 Å². The molecule has 0 saturated heterocycles. The summed E-state index contributed by atoms with van der Waals surface area (Å²) < 4.78 is 40.5. The van der Waals surface area contributed by atoms with Gasteiger partial charge in [-0.2, -0.15) is 0 Å². The lowest BCUT2D eigenvalue weighted by molar-refractivity contribution is -0.122. The molecule has 22 heavy (non-hydrogen) atoms. The average Bonchev–Trinajstić information content (AvgIpc) is 2.90. The Labute approximate surface area is 130 Å². The van der Waals surface area contributed by atoms with Gasteiger partial charge in [0.25, 0.3) is 5.91 Å². The van der Waals surface area contributed by atoms with Gasteiger partial charge in [0.05, 0.1) is 0 Å². The van der Waals surface area contributed by atoms with Crippen LogP contribution in [-0.2, 0) is 14.6 Å². The molecule has 0 bridgehead atoms. The summed E-state index contributed by atoms with van der Waals surface area (Å²) in [6.45, 7) is 1.50. The van der Waals surface area contributed by atoms with Gasteiger partial charge in [-0.05, 0) is 31.2 Å². The fraction of sp³-hybridized carbons (Fsp3) is 0.250. The topological polar surface area (TPSA) is 98.2 Å². The van der Waals surface area contributed by atoms with Gasteiger partial charge in [-0.1, -0.05) is 11.3 Å². The Bertz CT molecular complexity index is 774. The largest absolute Gasteiger partial charge is 0.481 e. The maximum Gasteiger partial charge on any atom is 0.266 e. The Balaban J connectivity index is 1.99. The second kappa shape index (κ2) is 6.36. The molecule has 0 saturated carbocycles. The molecule has 0 radical (unpaired) electrons. The highest BCUT2D eigenvalue weighted by Crippen LogP contribution is 2.20. The Morgan fingerprint density at radius 3 is 2.50 bits per heavy atom. The van der Waals surface area contributed by atoms with Gasteiger partial charge >= 0.3 is 0 Å². The number of anilines is 1. The Kier molecular flexibility index (Phi) is 4.71. The molecule has 10 heteroatoms. The van der Waals surface area contributed by atoms with Gasteiger partial charge in [0.1, 0.15) is 11.6 Å². The minimum absolute atomic E-state index is 0.0555. The molecular weight excluding hydrogens is 333 g/mol. The van der Waals surface area contributed by atoms with Crippen molar-refractivity contribution in [2.24, 2.45) is 0 Å². The Hall–Kier alpha value is -2.07. The maximum absolute atomic E-state index is 12.8. The predicted molar refractivity (Wildman–Crippen MR) is 78.1 cm³/mol. The van der Waals surface area contributed by atoms with Crippen LogP contribution in [0.4, 0.5) is 9.52 Å². The first kappa shape index (κ1) is 16.3. The molecule has 1 heterocycles. The van der Waals surface area contributed by atoms with Crippen molar-refractivity contribution in [3.05, 3.63) is 30.1 Å². The molecule has 0 unspecified atom stereocenters. The smallest absolute Gasteiger partial charge is 0.266 e. The van der Waals surface area contributed by atoms with Gasteiger partial charge < -0.3 is 4.74 Å². The van der Waals surface area contributed by atoms with Gasteiger partial charge in [0.15, 0.2) is 6.10 Å². The van der Waals surface area contributed by atoms with Crippen molar-refractivity contribution < 1.29 is 22.3 Å². The highest BCUT2D eigenvalue weighted by atomic mass is 32.2. The summed E-state index contributed by atoms with van der Waals surface area (Å²) >= 11 is 0.747. The number of sulfone groups is 1. The van der Waals surface area contributed by atoms with Gasteiger partial charge in [-0.25, -0.2) is 12.8 Å². The molecule has 0 spiro atoms. The average molecular weight is 345 g/mol. The second-order valence-corrected chi connectivity index (χ2v) is 7.52. The van der Waals surface area contributed by atoms with Crippen molar-refractivity contribution in [2.45, 2.75) is 17.4 Å². The van der Waals surface area contributed by atoms with E-state index in [1.54, 1.807) is 0 Å². The number of hydrogen-bond donors (Lipinski definition) is 1. The Morgan fingerprint density at radius 2 is 1.95 bits per heavy atom. The monoisotopic (exact) mass is 345 g/mol. The molecule has 1 atom stereocenters. The molecule has 2 aromatic rings. The number of rotatable bonds is 5. The molecule has 1 N–H and O–H groups in total. The highest BCUT2D eigenvalue weighted by molar-refractivity contribution is 7.92. The lowest BCUT2D eigenvalue weighted by atomic mass is 10.3. The van der Waals surface area contributed by atoms with E-state index >= 15 is 0 Å². The molecule has 1 aromatic heterocycles. The van der Waals surface area contributed by atoms with E-state index in [1.165, 1.54) is 31.2 Å². The SMILES string of the molecule is C[C@@H](Oc1ccc(F)cc1)C(=O)Nc1nnc(S(C)(=O)=O)s1. The summed E-state index contributed by atoms with van der Waals surface area (Å²) in [5.74, 6) is -0.606. The van der Waals surface area contributed by atoms with Gasteiger partial charge in [-0.3, -0.25) is 10.1 Å². The van der Waals surface area contributed by atoms with Crippen LogP contribution >= 0.6 is 11.3 Å². The number of amides is 1. The molecule has 1 amide bonds. The van der Waals surface area contributed by atoms with E-state index in [4.69, 9.17) is 4.74 Å². The number of ether oxygens (including phenoxy) is 1. The van der Waals surface area contributed by atoms with Gasteiger partial charge in [0, 0.05) is 6.26 Å². The summed E-state index contributed by atoms with van der Waals surface area (Å²) in [7, 11) is -3.46. The third-order valence-corrected chi connectivity index (χ3v) is 4.96.